The van der Waals surface area contributed by atoms with Gasteiger partial charge in [-0.15, -0.1) is 6.58 Å². The Balaban J connectivity index is 1.48. The molecule has 2 saturated heterocycles. The number of esters is 1. The number of allylic oxidation sites excluding steroid dienone is 1. The molecule has 5 rings (SSSR count). The topological polar surface area (TPSA) is 285 Å². The van der Waals surface area contributed by atoms with E-state index < -0.39 is 102 Å². The Labute approximate surface area is 319 Å². The molecule has 18 nitrogen and oxygen atoms in total. The van der Waals surface area contributed by atoms with E-state index >= 15 is 0 Å². The average molecular weight is 791 g/mol. The molecule has 18 heteroatoms. The lowest BCUT2D eigenvalue weighted by Gasteiger charge is -2.40. The van der Waals surface area contributed by atoms with Gasteiger partial charge in [0.15, 0.2) is 29.5 Å². The second-order valence-electron chi connectivity index (χ2n) is 13.8. The number of aliphatic hydroxyl groups is 7. The Morgan fingerprint density at radius 3 is 2.30 bits per heavy atom. The van der Waals surface area contributed by atoms with E-state index in [9.17, 15) is 55.5 Å². The van der Waals surface area contributed by atoms with E-state index in [2.05, 4.69) is 6.58 Å². The zero-order valence-corrected chi connectivity index (χ0v) is 30.8. The van der Waals surface area contributed by atoms with Crippen molar-refractivity contribution < 1.29 is 83.6 Å². The van der Waals surface area contributed by atoms with Crippen LogP contribution in [0.15, 0.2) is 63.8 Å². The van der Waals surface area contributed by atoms with Crippen LogP contribution in [0.25, 0.3) is 22.3 Å². The summed E-state index contributed by atoms with van der Waals surface area (Å²) in [5.41, 5.74) is -2.28. The summed E-state index contributed by atoms with van der Waals surface area (Å²) in [6.07, 6.45) is -12.7. The predicted octanol–water partition coefficient (Wildman–Crippen LogP) is 0.479. The lowest BCUT2D eigenvalue weighted by molar-refractivity contribution is -0.277. The summed E-state index contributed by atoms with van der Waals surface area (Å²) in [6.45, 7) is 7.25. The van der Waals surface area contributed by atoms with Crippen LogP contribution in [0.5, 0.6) is 28.7 Å². The Bertz CT molecular complexity index is 1990. The maximum Gasteiger partial charge on any atom is 0.333 e. The van der Waals surface area contributed by atoms with Gasteiger partial charge in [-0.25, -0.2) is 4.79 Å². The highest BCUT2D eigenvalue weighted by atomic mass is 16.7. The normalized spacial score (nSPS) is 29.3. The van der Waals surface area contributed by atoms with Crippen LogP contribution in [0.3, 0.4) is 0 Å². The summed E-state index contributed by atoms with van der Waals surface area (Å²) >= 11 is 0. The van der Waals surface area contributed by atoms with Gasteiger partial charge >= 0.3 is 5.97 Å². The highest BCUT2D eigenvalue weighted by molar-refractivity contribution is 5.89. The number of ether oxygens (including phenoxy) is 6. The van der Waals surface area contributed by atoms with Crippen molar-refractivity contribution in [2.45, 2.75) is 101 Å². The summed E-state index contributed by atoms with van der Waals surface area (Å²) in [5, 5.41) is 93.8. The molecule has 0 amide bonds. The van der Waals surface area contributed by atoms with Gasteiger partial charge in [-0.05, 0) is 51.8 Å². The van der Waals surface area contributed by atoms with Crippen molar-refractivity contribution in [2.75, 3.05) is 13.7 Å². The van der Waals surface area contributed by atoms with Gasteiger partial charge in [-0.3, -0.25) is 4.79 Å². The minimum absolute atomic E-state index is 0.0505. The third-order valence-corrected chi connectivity index (χ3v) is 9.57. The zero-order valence-electron chi connectivity index (χ0n) is 30.8. The van der Waals surface area contributed by atoms with Gasteiger partial charge in [-0.2, -0.15) is 0 Å². The highest BCUT2D eigenvalue weighted by Crippen LogP contribution is 2.40. The lowest BCUT2D eigenvalue weighted by atomic mass is 9.99. The smallest absolute Gasteiger partial charge is 0.333 e. The van der Waals surface area contributed by atoms with Gasteiger partial charge in [-0.1, -0.05) is 12.2 Å². The molecule has 2 aliphatic heterocycles. The van der Waals surface area contributed by atoms with Crippen LogP contribution in [0.1, 0.15) is 33.6 Å². The third kappa shape index (κ3) is 8.78. The van der Waals surface area contributed by atoms with E-state index in [1.54, 1.807) is 6.92 Å². The predicted molar refractivity (Wildman–Crippen MR) is 193 cm³/mol. The quantitative estimate of drug-likeness (QED) is 0.0647. The summed E-state index contributed by atoms with van der Waals surface area (Å²) in [7, 11) is 1.27. The molecule has 2 fully saturated rings. The average Bonchev–Trinajstić information content (AvgIpc) is 3.16. The number of benzene rings is 2. The van der Waals surface area contributed by atoms with Crippen LogP contribution >= 0.6 is 0 Å². The maximum atomic E-state index is 14.1. The molecule has 1 aromatic heterocycles. The maximum absolute atomic E-state index is 14.1. The molecule has 11 atom stereocenters. The first-order valence-electron chi connectivity index (χ1n) is 17.5. The fourth-order valence-electron chi connectivity index (χ4n) is 6.07. The summed E-state index contributed by atoms with van der Waals surface area (Å²) in [5.74, 6) is -3.15. The molecule has 0 unspecified atom stereocenters. The standard InChI is InChI=1S/C38H46O18/c1-6-38(4,49)11-7-8-16(2)35(48)55-33-26(42)17(3)51-37(31(33)47)52-19-13-21(41)25-23(14-19)53-32(18-9-10-20(40)22(12-18)50-5)34(28(25)44)56-36-30(46)29(45)27(43)24(15-39)54-36/h6,8-10,12-14,17,24,26-27,29-31,33,36-37,39-43,45-47,49H,1,7,11,15H2,2-5H3/b16-8-/t17-,24+,26-,27+,29-,30+,31+,33+,36-,37-,38-/m0/s1. The van der Waals surface area contributed by atoms with Gasteiger partial charge in [0.05, 0.1) is 25.4 Å². The number of aliphatic hydroxyl groups excluding tert-OH is 6. The van der Waals surface area contributed by atoms with Crippen LogP contribution in [0.4, 0.5) is 0 Å². The molecule has 0 spiro atoms. The number of fused-ring (bicyclic) bond motifs is 1. The SMILES string of the molecule is C=C[C@](C)(O)CC/C=C(/C)C(=O)O[C@@H]1[C@@H](O)[C@H](C)O[C@@H](Oc2cc(O)c3c(=O)c(O[C@@H]4O[C@H](CO)[C@@H](O)[C@H](O)[C@H]4O)c(-c4ccc(O)c(OC)c4)oc3c2)[C@@H]1O. The van der Waals surface area contributed by atoms with Gasteiger partial charge in [0.25, 0.3) is 0 Å². The minimum atomic E-state index is -1.93. The molecule has 306 valence electrons. The molecule has 56 heavy (non-hydrogen) atoms. The highest BCUT2D eigenvalue weighted by Gasteiger charge is 2.47. The number of methoxy groups -OCH3 is 1. The van der Waals surface area contributed by atoms with E-state index in [1.165, 1.54) is 51.3 Å². The zero-order chi connectivity index (χ0) is 41.2. The molecule has 9 N–H and O–H groups in total. The van der Waals surface area contributed by atoms with Crippen molar-refractivity contribution in [3.8, 4) is 40.1 Å². The number of phenols is 2. The van der Waals surface area contributed by atoms with E-state index in [-0.39, 0.29) is 46.1 Å². The van der Waals surface area contributed by atoms with Gasteiger partial charge in [0.1, 0.15) is 53.0 Å². The molecule has 0 saturated carbocycles. The largest absolute Gasteiger partial charge is 0.507 e. The van der Waals surface area contributed by atoms with E-state index in [4.69, 9.17) is 32.8 Å². The van der Waals surface area contributed by atoms with Crippen molar-refractivity contribution in [3.05, 3.63) is 64.9 Å². The number of hydrogen-bond acceptors (Lipinski definition) is 18. The molecule has 0 aliphatic carbocycles. The minimum Gasteiger partial charge on any atom is -0.507 e. The first-order valence-corrected chi connectivity index (χ1v) is 17.5. The van der Waals surface area contributed by atoms with E-state index in [0.717, 1.165) is 12.1 Å². The van der Waals surface area contributed by atoms with Crippen LogP contribution in [0.2, 0.25) is 0 Å². The summed E-state index contributed by atoms with van der Waals surface area (Å²) in [4.78, 5) is 27.0. The summed E-state index contributed by atoms with van der Waals surface area (Å²) in [6, 6.07) is 5.97. The molecule has 2 aromatic carbocycles. The Morgan fingerprint density at radius 1 is 0.946 bits per heavy atom. The Morgan fingerprint density at radius 2 is 1.64 bits per heavy atom. The molecule has 0 radical (unpaired) electrons. The summed E-state index contributed by atoms with van der Waals surface area (Å²) < 4.78 is 39.4. The van der Waals surface area contributed by atoms with Crippen molar-refractivity contribution >= 4 is 16.9 Å². The van der Waals surface area contributed by atoms with Crippen LogP contribution in [0, 0.1) is 0 Å². The fourth-order valence-corrected chi connectivity index (χ4v) is 6.07. The van der Waals surface area contributed by atoms with E-state index in [1.807, 2.05) is 0 Å². The molecule has 2 aliphatic rings. The molecule has 0 bridgehead atoms. The number of carbonyl (C=O) groups is 1. The Hall–Kier alpha value is -4.76. The molecule has 3 aromatic rings. The number of carbonyl (C=O) groups excluding carboxylic acids is 1. The van der Waals surface area contributed by atoms with Crippen LogP contribution in [-0.4, -0.2) is 133 Å². The van der Waals surface area contributed by atoms with Crippen molar-refractivity contribution in [2.24, 2.45) is 0 Å². The van der Waals surface area contributed by atoms with Crippen molar-refractivity contribution in [1.29, 1.82) is 0 Å². The first kappa shape index (κ1) is 42.4. The molecular weight excluding hydrogens is 744 g/mol. The molecular formula is C38H46O18. The van der Waals surface area contributed by atoms with Crippen molar-refractivity contribution in [3.63, 3.8) is 0 Å². The second kappa shape index (κ2) is 17.2. The van der Waals surface area contributed by atoms with Gasteiger partial charge in [0.2, 0.25) is 23.8 Å². The monoisotopic (exact) mass is 790 g/mol. The van der Waals surface area contributed by atoms with Gasteiger partial charge in [0, 0.05) is 23.3 Å². The number of rotatable bonds is 13. The van der Waals surface area contributed by atoms with Crippen LogP contribution < -0.4 is 19.6 Å². The Kier molecular flexibility index (Phi) is 13.0. The fraction of sp³-hybridized carbons (Fsp3) is 0.474. The van der Waals surface area contributed by atoms with E-state index in [0.29, 0.717) is 6.42 Å². The van der Waals surface area contributed by atoms with Crippen LogP contribution in [-0.2, 0) is 19.0 Å². The molecule has 3 heterocycles. The lowest BCUT2D eigenvalue weighted by Crippen LogP contribution is -2.60. The van der Waals surface area contributed by atoms with Crippen molar-refractivity contribution in [1.82, 2.24) is 0 Å². The number of hydrogen-bond donors (Lipinski definition) is 9. The number of phenolic OH excluding ortho intramolecular Hbond substituents is 2. The first-order chi connectivity index (χ1) is 26.4. The number of aromatic hydroxyl groups is 2. The van der Waals surface area contributed by atoms with Gasteiger partial charge < -0.3 is 78.8 Å². The third-order valence-electron chi connectivity index (χ3n) is 9.57. The second-order valence-corrected chi connectivity index (χ2v) is 13.8.